The van der Waals surface area contributed by atoms with Crippen molar-refractivity contribution in [1.29, 1.82) is 0 Å². The van der Waals surface area contributed by atoms with E-state index < -0.39 is 4.92 Å². The molecular formula is C16H12ClN3O4S. The maximum Gasteiger partial charge on any atom is 0.271 e. The fraction of sp³-hybridized carbons (Fsp3) is 0.125. The Labute approximate surface area is 151 Å². The lowest BCUT2D eigenvalue weighted by Crippen LogP contribution is -2.15. The number of carbonyl (C=O) groups excluding carboxylic acids is 1. The van der Waals surface area contributed by atoms with Gasteiger partial charge in [-0.1, -0.05) is 29.4 Å². The first kappa shape index (κ1) is 17.2. The Hall–Kier alpha value is -2.58. The monoisotopic (exact) mass is 377 g/mol. The number of hydrogen-bond donors (Lipinski definition) is 1. The van der Waals surface area contributed by atoms with Crippen LogP contribution in [0.1, 0.15) is 5.56 Å². The number of halogens is 1. The highest BCUT2D eigenvalue weighted by molar-refractivity contribution is 7.99. The Morgan fingerprint density at radius 1 is 1.36 bits per heavy atom. The molecule has 0 bridgehead atoms. The second-order valence-electron chi connectivity index (χ2n) is 5.19. The number of rotatable bonds is 5. The van der Waals surface area contributed by atoms with E-state index in [9.17, 15) is 14.9 Å². The summed E-state index contributed by atoms with van der Waals surface area (Å²) < 4.78 is 5.52. The van der Waals surface area contributed by atoms with Gasteiger partial charge in [-0.05, 0) is 24.6 Å². The SMILES string of the molecule is Cc1ccc([N+](=O)[O-])cc1NC(=O)CSc1nc2ccc(Cl)cc2o1. The molecule has 0 saturated heterocycles. The number of nitrogens with one attached hydrogen (secondary N) is 1. The number of nitro benzene ring substituents is 1. The van der Waals surface area contributed by atoms with Crippen molar-refractivity contribution < 1.29 is 14.1 Å². The summed E-state index contributed by atoms with van der Waals surface area (Å²) in [6.07, 6.45) is 0. The molecule has 0 unspecified atom stereocenters. The highest BCUT2D eigenvalue weighted by Crippen LogP contribution is 2.26. The first-order valence-electron chi connectivity index (χ1n) is 7.16. The van der Waals surface area contributed by atoms with Gasteiger partial charge in [-0.25, -0.2) is 4.98 Å². The first-order chi connectivity index (χ1) is 11.9. The quantitative estimate of drug-likeness (QED) is 0.401. The summed E-state index contributed by atoms with van der Waals surface area (Å²) in [5.74, 6) is -0.253. The zero-order valence-corrected chi connectivity index (χ0v) is 14.6. The van der Waals surface area contributed by atoms with Gasteiger partial charge in [0.25, 0.3) is 10.9 Å². The molecule has 0 aliphatic rings. The third-order valence-corrected chi connectivity index (χ3v) is 4.43. The van der Waals surface area contributed by atoms with Crippen molar-refractivity contribution in [2.75, 3.05) is 11.1 Å². The van der Waals surface area contributed by atoms with Gasteiger partial charge in [-0.15, -0.1) is 0 Å². The van der Waals surface area contributed by atoms with E-state index in [2.05, 4.69) is 10.3 Å². The lowest BCUT2D eigenvalue weighted by atomic mass is 10.2. The Morgan fingerprint density at radius 3 is 2.92 bits per heavy atom. The number of benzene rings is 2. The minimum absolute atomic E-state index is 0.0582. The van der Waals surface area contributed by atoms with Crippen molar-refractivity contribution in [3.63, 3.8) is 0 Å². The molecule has 9 heteroatoms. The minimum atomic E-state index is -0.507. The van der Waals surface area contributed by atoms with Crippen molar-refractivity contribution in [2.24, 2.45) is 0 Å². The average molecular weight is 378 g/mol. The van der Waals surface area contributed by atoms with Crippen LogP contribution in [0, 0.1) is 17.0 Å². The van der Waals surface area contributed by atoms with Crippen LogP contribution in [-0.2, 0) is 4.79 Å². The van der Waals surface area contributed by atoms with Gasteiger partial charge in [0.1, 0.15) is 5.52 Å². The van der Waals surface area contributed by atoms with Gasteiger partial charge < -0.3 is 9.73 Å². The van der Waals surface area contributed by atoms with E-state index in [0.29, 0.717) is 27.0 Å². The highest BCUT2D eigenvalue weighted by Gasteiger charge is 2.13. The Bertz CT molecular complexity index is 973. The van der Waals surface area contributed by atoms with E-state index in [1.807, 2.05) is 0 Å². The molecule has 0 atom stereocenters. The zero-order valence-electron chi connectivity index (χ0n) is 13.0. The maximum atomic E-state index is 12.1. The van der Waals surface area contributed by atoms with Crippen LogP contribution in [0.2, 0.25) is 5.02 Å². The molecule has 0 aliphatic heterocycles. The van der Waals surface area contributed by atoms with Gasteiger partial charge in [-0.3, -0.25) is 14.9 Å². The number of fused-ring (bicyclic) bond motifs is 1. The maximum absolute atomic E-state index is 12.1. The standard InChI is InChI=1S/C16H12ClN3O4S/c1-9-2-4-11(20(22)23)7-13(9)18-15(21)8-25-16-19-12-5-3-10(17)6-14(12)24-16/h2-7H,8H2,1H3,(H,18,21). The number of amides is 1. The first-order valence-corrected chi connectivity index (χ1v) is 8.52. The van der Waals surface area contributed by atoms with Crippen LogP contribution in [0.3, 0.4) is 0 Å². The van der Waals surface area contributed by atoms with E-state index in [-0.39, 0.29) is 17.3 Å². The molecular weight excluding hydrogens is 366 g/mol. The lowest BCUT2D eigenvalue weighted by Gasteiger charge is -2.07. The number of oxazole rings is 1. The van der Waals surface area contributed by atoms with Crippen LogP contribution in [0.5, 0.6) is 0 Å². The molecule has 0 aliphatic carbocycles. The van der Waals surface area contributed by atoms with Crippen molar-refractivity contribution in [3.8, 4) is 0 Å². The third-order valence-electron chi connectivity index (χ3n) is 3.36. The number of aryl methyl sites for hydroxylation is 1. The normalized spacial score (nSPS) is 10.8. The van der Waals surface area contributed by atoms with Crippen LogP contribution >= 0.6 is 23.4 Å². The molecule has 1 amide bonds. The molecule has 0 radical (unpaired) electrons. The van der Waals surface area contributed by atoms with Crippen LogP contribution in [0.15, 0.2) is 46.0 Å². The smallest absolute Gasteiger partial charge is 0.271 e. The summed E-state index contributed by atoms with van der Waals surface area (Å²) >= 11 is 7.02. The number of nitro groups is 1. The molecule has 0 saturated carbocycles. The number of nitrogens with zero attached hydrogens (tertiary/aromatic N) is 2. The molecule has 0 spiro atoms. The Morgan fingerprint density at radius 2 is 2.16 bits per heavy atom. The number of anilines is 1. The fourth-order valence-electron chi connectivity index (χ4n) is 2.11. The van der Waals surface area contributed by atoms with E-state index in [0.717, 1.165) is 17.3 Å². The van der Waals surface area contributed by atoms with Crippen LogP contribution in [0.4, 0.5) is 11.4 Å². The molecule has 25 heavy (non-hydrogen) atoms. The largest absolute Gasteiger partial charge is 0.431 e. The molecule has 7 nitrogen and oxygen atoms in total. The van der Waals surface area contributed by atoms with Gasteiger partial charge >= 0.3 is 0 Å². The third kappa shape index (κ3) is 4.09. The fourth-order valence-corrected chi connectivity index (χ4v) is 2.91. The molecule has 3 aromatic rings. The zero-order chi connectivity index (χ0) is 18.0. The second-order valence-corrected chi connectivity index (χ2v) is 6.55. The number of non-ortho nitro benzene ring substituents is 1. The van der Waals surface area contributed by atoms with E-state index in [1.54, 1.807) is 31.2 Å². The Kier molecular flexibility index (Phi) is 4.91. The number of aromatic nitrogens is 1. The summed E-state index contributed by atoms with van der Waals surface area (Å²) in [5, 5.41) is 14.4. The highest BCUT2D eigenvalue weighted by atomic mass is 35.5. The molecule has 1 N–H and O–H groups in total. The summed E-state index contributed by atoms with van der Waals surface area (Å²) in [7, 11) is 0. The molecule has 0 fully saturated rings. The lowest BCUT2D eigenvalue weighted by molar-refractivity contribution is -0.384. The molecule has 2 aromatic carbocycles. The van der Waals surface area contributed by atoms with Gasteiger partial charge in [0.2, 0.25) is 5.91 Å². The molecule has 128 valence electrons. The summed E-state index contributed by atoms with van der Waals surface area (Å²) in [6.45, 7) is 1.76. The topological polar surface area (TPSA) is 98.3 Å². The van der Waals surface area contributed by atoms with E-state index in [1.165, 1.54) is 12.1 Å². The number of carbonyl (C=O) groups is 1. The van der Waals surface area contributed by atoms with Gasteiger partial charge in [0.15, 0.2) is 5.58 Å². The average Bonchev–Trinajstić information content (AvgIpc) is 2.96. The summed E-state index contributed by atoms with van der Waals surface area (Å²) in [5.41, 5.74) is 2.26. The van der Waals surface area contributed by atoms with Crippen LogP contribution in [-0.4, -0.2) is 21.6 Å². The predicted octanol–water partition coefficient (Wildman–Crippen LogP) is 4.43. The van der Waals surface area contributed by atoms with Gasteiger partial charge in [-0.2, -0.15) is 0 Å². The minimum Gasteiger partial charge on any atom is -0.431 e. The van der Waals surface area contributed by atoms with Crippen molar-refractivity contribution >= 4 is 51.7 Å². The van der Waals surface area contributed by atoms with Crippen LogP contribution in [0.25, 0.3) is 11.1 Å². The number of hydrogen-bond acceptors (Lipinski definition) is 6. The summed E-state index contributed by atoms with van der Waals surface area (Å²) in [4.78, 5) is 26.7. The van der Waals surface area contributed by atoms with E-state index in [4.69, 9.17) is 16.0 Å². The van der Waals surface area contributed by atoms with Gasteiger partial charge in [0.05, 0.1) is 16.4 Å². The summed E-state index contributed by atoms with van der Waals surface area (Å²) in [6, 6.07) is 9.41. The van der Waals surface area contributed by atoms with Crippen molar-refractivity contribution in [3.05, 3.63) is 57.1 Å². The predicted molar refractivity (Wildman–Crippen MR) is 96.2 cm³/mol. The Balaban J connectivity index is 1.66. The second kappa shape index (κ2) is 7.12. The molecule has 1 heterocycles. The van der Waals surface area contributed by atoms with Crippen LogP contribution < -0.4 is 5.32 Å². The van der Waals surface area contributed by atoms with Gasteiger partial charge in [0, 0.05) is 23.2 Å². The van der Waals surface area contributed by atoms with Crippen molar-refractivity contribution in [1.82, 2.24) is 4.98 Å². The molecule has 3 rings (SSSR count). The van der Waals surface area contributed by atoms with Crippen molar-refractivity contribution in [2.45, 2.75) is 12.1 Å². The number of thioether (sulfide) groups is 1. The van der Waals surface area contributed by atoms with E-state index >= 15 is 0 Å². The molecule has 1 aromatic heterocycles.